The molecule has 0 aliphatic carbocycles. The zero-order valence-electron chi connectivity index (χ0n) is 7.90. The minimum absolute atomic E-state index is 0.0108. The predicted octanol–water partition coefficient (Wildman–Crippen LogP) is 2.00. The first kappa shape index (κ1) is 8.73. The van der Waals surface area contributed by atoms with Crippen molar-refractivity contribution in [1.82, 2.24) is 0 Å². The van der Waals surface area contributed by atoms with Crippen LogP contribution in [-0.4, -0.2) is 14.3 Å². The van der Waals surface area contributed by atoms with E-state index in [1.54, 1.807) is 12.1 Å². The molecule has 0 radical (unpaired) electrons. The van der Waals surface area contributed by atoms with Crippen molar-refractivity contribution in [1.29, 1.82) is 0 Å². The quantitative estimate of drug-likeness (QED) is 0.737. The van der Waals surface area contributed by atoms with Gasteiger partial charge in [0.25, 0.3) is 0 Å². The summed E-state index contributed by atoms with van der Waals surface area (Å²) in [5.41, 5.74) is 0.901. The molecule has 1 heterocycles. The monoisotopic (exact) mass is 219 g/mol. The van der Waals surface area contributed by atoms with Crippen molar-refractivity contribution in [3.63, 3.8) is 0 Å². The Kier molecular flexibility index (Phi) is 1.59. The molecule has 0 aromatic heterocycles. The highest BCUT2D eigenvalue weighted by Gasteiger charge is 2.23. The van der Waals surface area contributed by atoms with E-state index in [4.69, 9.17) is 0 Å². The van der Waals surface area contributed by atoms with Gasteiger partial charge in [0.05, 0.1) is 4.90 Å². The first-order valence-electron chi connectivity index (χ1n) is 4.67. The van der Waals surface area contributed by atoms with Gasteiger partial charge in [-0.2, -0.15) is 0 Å². The smallest absolute Gasteiger partial charge is 0.196 e. The summed E-state index contributed by atoms with van der Waals surface area (Å²) in [5.74, 6) is -0.0108. The molecule has 76 valence electrons. The number of hydrogen-bond donors (Lipinski definition) is 1. The zero-order valence-corrected chi connectivity index (χ0v) is 8.71. The number of anilines is 1. The molecule has 1 N–H and O–H groups in total. The van der Waals surface area contributed by atoms with Gasteiger partial charge < -0.3 is 5.32 Å². The third kappa shape index (κ3) is 1.15. The number of nitrogens with one attached hydrogen (secondary N) is 1. The average Bonchev–Trinajstić information content (AvgIpc) is 2.24. The van der Waals surface area contributed by atoms with Crippen LogP contribution in [0.5, 0.6) is 0 Å². The second-order valence-electron chi connectivity index (χ2n) is 3.60. The molecule has 0 saturated heterocycles. The molecule has 1 aliphatic rings. The third-order valence-corrected chi connectivity index (χ3v) is 4.19. The second-order valence-corrected chi connectivity index (χ2v) is 5.55. The predicted molar refractivity (Wildman–Crippen MR) is 59.6 cm³/mol. The second kappa shape index (κ2) is 2.73. The molecule has 3 nitrogen and oxygen atoms in total. The van der Waals surface area contributed by atoms with Gasteiger partial charge in [0, 0.05) is 11.1 Å². The maximum atomic E-state index is 11.8. The molecule has 1 aliphatic heterocycles. The summed E-state index contributed by atoms with van der Waals surface area (Å²) in [7, 11) is -3.16. The first-order valence-corrected chi connectivity index (χ1v) is 6.32. The highest BCUT2D eigenvalue weighted by atomic mass is 32.2. The Morgan fingerprint density at radius 1 is 1.07 bits per heavy atom. The van der Waals surface area contributed by atoms with Crippen molar-refractivity contribution in [2.75, 3.05) is 11.2 Å². The lowest BCUT2D eigenvalue weighted by Crippen LogP contribution is -2.19. The Morgan fingerprint density at radius 2 is 1.80 bits per heavy atom. The van der Waals surface area contributed by atoms with Crippen molar-refractivity contribution < 1.29 is 8.42 Å². The summed E-state index contributed by atoms with van der Waals surface area (Å²) in [5, 5.41) is 4.70. The van der Waals surface area contributed by atoms with Gasteiger partial charge in [0.15, 0.2) is 9.84 Å². The molecule has 0 fully saturated rings. The number of hydrogen-bond acceptors (Lipinski definition) is 3. The van der Waals surface area contributed by atoms with E-state index in [2.05, 4.69) is 5.32 Å². The number of sulfone groups is 1. The van der Waals surface area contributed by atoms with Crippen molar-refractivity contribution in [3.8, 4) is 0 Å². The Hall–Kier alpha value is -1.55. The van der Waals surface area contributed by atoms with E-state index < -0.39 is 9.84 Å². The number of benzene rings is 2. The van der Waals surface area contributed by atoms with E-state index in [9.17, 15) is 8.42 Å². The highest BCUT2D eigenvalue weighted by molar-refractivity contribution is 7.91. The molecule has 0 unspecified atom stereocenters. The van der Waals surface area contributed by atoms with Gasteiger partial charge in [-0.25, -0.2) is 8.42 Å². The summed E-state index contributed by atoms with van der Waals surface area (Å²) < 4.78 is 23.6. The van der Waals surface area contributed by atoms with Crippen LogP contribution in [-0.2, 0) is 9.84 Å². The molecule has 0 atom stereocenters. The van der Waals surface area contributed by atoms with Gasteiger partial charge in [0.1, 0.15) is 5.88 Å². The van der Waals surface area contributed by atoms with Crippen molar-refractivity contribution in [2.24, 2.45) is 0 Å². The van der Waals surface area contributed by atoms with E-state index in [0.717, 1.165) is 16.5 Å². The van der Waals surface area contributed by atoms with Crippen LogP contribution < -0.4 is 5.32 Å². The molecule has 2 aromatic carbocycles. The van der Waals surface area contributed by atoms with Gasteiger partial charge in [0.2, 0.25) is 0 Å². The summed E-state index contributed by atoms with van der Waals surface area (Å²) in [6.07, 6.45) is 0. The van der Waals surface area contributed by atoms with E-state index in [0.29, 0.717) is 4.90 Å². The first-order chi connectivity index (χ1) is 7.18. The molecule has 3 rings (SSSR count). The number of rotatable bonds is 0. The van der Waals surface area contributed by atoms with Gasteiger partial charge >= 0.3 is 0 Å². The molecule has 0 spiro atoms. The van der Waals surface area contributed by atoms with Crippen molar-refractivity contribution in [3.05, 3.63) is 36.4 Å². The topological polar surface area (TPSA) is 46.2 Å². The minimum atomic E-state index is -3.16. The maximum Gasteiger partial charge on any atom is 0.196 e. The minimum Gasteiger partial charge on any atom is -0.371 e. The Bertz CT molecular complexity index is 641. The average molecular weight is 219 g/mol. The highest BCUT2D eigenvalue weighted by Crippen LogP contribution is 2.33. The van der Waals surface area contributed by atoms with Crippen LogP contribution >= 0.6 is 0 Å². The Balaban J connectivity index is 2.58. The molecular weight excluding hydrogens is 210 g/mol. The fourth-order valence-corrected chi connectivity index (χ4v) is 3.29. The van der Waals surface area contributed by atoms with E-state index in [1.165, 1.54) is 0 Å². The summed E-state index contributed by atoms with van der Waals surface area (Å²) in [6, 6.07) is 11.1. The summed E-state index contributed by atoms with van der Waals surface area (Å²) in [6.45, 7) is 0. The lowest BCUT2D eigenvalue weighted by Gasteiger charge is -2.18. The molecule has 0 bridgehead atoms. The van der Waals surface area contributed by atoms with Crippen molar-refractivity contribution >= 4 is 26.3 Å². The van der Waals surface area contributed by atoms with Crippen LogP contribution in [0.1, 0.15) is 0 Å². The zero-order chi connectivity index (χ0) is 10.5. The van der Waals surface area contributed by atoms with Crippen LogP contribution in [0.2, 0.25) is 0 Å². The normalized spacial score (nSPS) is 17.3. The van der Waals surface area contributed by atoms with Crippen LogP contribution in [0.3, 0.4) is 0 Å². The lowest BCUT2D eigenvalue weighted by atomic mass is 10.1. The third-order valence-electron chi connectivity index (χ3n) is 2.65. The molecule has 4 heteroatoms. The van der Waals surface area contributed by atoms with Crippen LogP contribution in [0.15, 0.2) is 41.3 Å². The standard InChI is InChI=1S/C11H9NO2S/c13-15(14)7-12-9-5-1-3-8-4-2-6-10(15)11(8)9/h1-6,12H,7H2. The van der Waals surface area contributed by atoms with Gasteiger partial charge in [-0.05, 0) is 17.5 Å². The van der Waals surface area contributed by atoms with Crippen LogP contribution in [0, 0.1) is 0 Å². The molecular formula is C11H9NO2S. The summed E-state index contributed by atoms with van der Waals surface area (Å²) in [4.78, 5) is 0.439. The largest absolute Gasteiger partial charge is 0.371 e. The van der Waals surface area contributed by atoms with Gasteiger partial charge in [-0.15, -0.1) is 0 Å². The van der Waals surface area contributed by atoms with Gasteiger partial charge in [-0.3, -0.25) is 0 Å². The molecule has 2 aromatic rings. The Morgan fingerprint density at radius 3 is 2.60 bits per heavy atom. The fourth-order valence-electron chi connectivity index (χ4n) is 1.96. The van der Waals surface area contributed by atoms with Crippen LogP contribution in [0.4, 0.5) is 5.69 Å². The summed E-state index contributed by atoms with van der Waals surface area (Å²) >= 11 is 0. The molecule has 0 saturated carbocycles. The SMILES string of the molecule is O=S1(=O)CNc2cccc3cccc1c23. The Labute approximate surface area is 87.6 Å². The molecule has 15 heavy (non-hydrogen) atoms. The van der Waals surface area contributed by atoms with Crippen LogP contribution in [0.25, 0.3) is 10.8 Å². The van der Waals surface area contributed by atoms with Crippen molar-refractivity contribution in [2.45, 2.75) is 4.90 Å². The van der Waals surface area contributed by atoms with E-state index in [1.807, 2.05) is 24.3 Å². The lowest BCUT2D eigenvalue weighted by molar-refractivity contribution is 0.598. The molecule has 0 amide bonds. The van der Waals surface area contributed by atoms with E-state index in [-0.39, 0.29) is 5.88 Å². The van der Waals surface area contributed by atoms with E-state index >= 15 is 0 Å². The maximum absolute atomic E-state index is 11.8. The fraction of sp³-hybridized carbons (Fsp3) is 0.0909. The van der Waals surface area contributed by atoms with Gasteiger partial charge in [-0.1, -0.05) is 24.3 Å².